The highest BCUT2D eigenvalue weighted by molar-refractivity contribution is 9.10. The molecule has 8 heteroatoms. The lowest BCUT2D eigenvalue weighted by Crippen LogP contribution is -2.34. The second kappa shape index (κ2) is 7.23. The van der Waals surface area contributed by atoms with Crippen LogP contribution in [0, 0.1) is 0 Å². The first kappa shape index (κ1) is 16.8. The van der Waals surface area contributed by atoms with E-state index in [0.29, 0.717) is 23.7 Å². The minimum absolute atomic E-state index is 0.0856. The molecular formula is C16H15BrN4O2S. The first-order valence-corrected chi connectivity index (χ1v) is 8.97. The van der Waals surface area contributed by atoms with Crippen LogP contribution in [0.4, 0.5) is 5.13 Å². The summed E-state index contributed by atoms with van der Waals surface area (Å²) in [6, 6.07) is 8.09. The summed E-state index contributed by atoms with van der Waals surface area (Å²) in [5.74, 6) is -0.392. The van der Waals surface area contributed by atoms with Gasteiger partial charge < -0.3 is 0 Å². The highest BCUT2D eigenvalue weighted by Crippen LogP contribution is 2.22. The Labute approximate surface area is 151 Å². The van der Waals surface area contributed by atoms with Gasteiger partial charge in [0.15, 0.2) is 5.13 Å². The van der Waals surface area contributed by atoms with E-state index in [1.54, 1.807) is 13.2 Å². The highest BCUT2D eigenvalue weighted by atomic mass is 79.9. The third-order valence-corrected chi connectivity index (χ3v) is 4.98. The number of rotatable bonds is 4. The third kappa shape index (κ3) is 4.07. The number of nitrogens with zero attached hydrogens (tertiary/aromatic N) is 3. The van der Waals surface area contributed by atoms with E-state index in [-0.39, 0.29) is 11.8 Å². The molecule has 2 amide bonds. The summed E-state index contributed by atoms with van der Waals surface area (Å²) in [6.45, 7) is 0. The molecule has 124 valence electrons. The Balaban J connectivity index is 1.63. The zero-order valence-electron chi connectivity index (χ0n) is 13.0. The minimum Gasteiger partial charge on any atom is -0.297 e. The van der Waals surface area contributed by atoms with Gasteiger partial charge >= 0.3 is 0 Å². The van der Waals surface area contributed by atoms with Crippen LogP contribution in [-0.4, -0.2) is 34.6 Å². The number of hydrazone groups is 1. The Morgan fingerprint density at radius 3 is 2.79 bits per heavy atom. The Morgan fingerprint density at radius 2 is 2.08 bits per heavy atom. The number of thiazole rings is 1. The standard InChI is InChI=1S/C16H15BrN4O2S/c1-21-14(22)7-6-13(20-21)15(23)19-16-18-9-12(24-16)8-10-2-4-11(17)5-3-10/h2-5,9H,6-8H2,1H3,(H,18,19,23). The number of carbonyl (C=O) groups excluding carboxylic acids is 2. The fourth-order valence-corrected chi connectivity index (χ4v) is 3.36. The Bertz CT molecular complexity index is 801. The zero-order valence-corrected chi connectivity index (χ0v) is 15.4. The van der Waals surface area contributed by atoms with E-state index in [9.17, 15) is 9.59 Å². The van der Waals surface area contributed by atoms with Gasteiger partial charge in [-0.25, -0.2) is 9.99 Å². The maximum Gasteiger partial charge on any atom is 0.273 e. The molecule has 0 aliphatic carbocycles. The predicted molar refractivity (Wildman–Crippen MR) is 97.1 cm³/mol. The molecule has 0 bridgehead atoms. The summed E-state index contributed by atoms with van der Waals surface area (Å²) in [7, 11) is 1.55. The van der Waals surface area contributed by atoms with Crippen molar-refractivity contribution in [3.63, 3.8) is 0 Å². The summed E-state index contributed by atoms with van der Waals surface area (Å²) in [4.78, 5) is 28.9. The minimum atomic E-state index is -0.307. The largest absolute Gasteiger partial charge is 0.297 e. The number of halogens is 1. The van der Waals surface area contributed by atoms with Crippen molar-refractivity contribution in [3.8, 4) is 0 Å². The number of anilines is 1. The van der Waals surface area contributed by atoms with E-state index in [1.807, 2.05) is 24.3 Å². The molecule has 0 saturated heterocycles. The van der Waals surface area contributed by atoms with Crippen molar-refractivity contribution >= 4 is 49.9 Å². The lowest BCUT2D eigenvalue weighted by molar-refractivity contribution is -0.130. The number of benzene rings is 1. The van der Waals surface area contributed by atoms with Crippen LogP contribution in [-0.2, 0) is 16.0 Å². The van der Waals surface area contributed by atoms with Crippen molar-refractivity contribution in [2.75, 3.05) is 12.4 Å². The van der Waals surface area contributed by atoms with Crippen molar-refractivity contribution in [1.29, 1.82) is 0 Å². The molecule has 1 aromatic heterocycles. The molecule has 3 rings (SSSR count). The molecule has 0 radical (unpaired) electrons. The Kier molecular flexibility index (Phi) is 5.06. The average Bonchev–Trinajstić information content (AvgIpc) is 2.99. The SMILES string of the molecule is CN1N=C(C(=O)Nc2ncc(Cc3ccc(Br)cc3)s2)CCC1=O. The van der Waals surface area contributed by atoms with E-state index in [2.05, 4.69) is 31.3 Å². The van der Waals surface area contributed by atoms with Crippen LogP contribution in [0.15, 0.2) is 40.0 Å². The van der Waals surface area contributed by atoms with Crippen molar-refractivity contribution < 1.29 is 9.59 Å². The molecule has 0 fully saturated rings. The zero-order chi connectivity index (χ0) is 17.1. The van der Waals surface area contributed by atoms with Gasteiger partial charge in [-0.05, 0) is 17.7 Å². The van der Waals surface area contributed by atoms with Gasteiger partial charge in [0.2, 0.25) is 5.91 Å². The number of hydrogen-bond donors (Lipinski definition) is 1. The van der Waals surface area contributed by atoms with Crippen LogP contribution in [0.3, 0.4) is 0 Å². The van der Waals surface area contributed by atoms with E-state index in [0.717, 1.165) is 15.8 Å². The van der Waals surface area contributed by atoms with Crippen LogP contribution in [0.5, 0.6) is 0 Å². The maximum atomic E-state index is 12.2. The van der Waals surface area contributed by atoms with Crippen molar-refractivity contribution in [2.24, 2.45) is 5.10 Å². The summed E-state index contributed by atoms with van der Waals surface area (Å²) in [6.07, 6.45) is 3.18. The number of hydrogen-bond acceptors (Lipinski definition) is 5. The summed E-state index contributed by atoms with van der Waals surface area (Å²) in [5, 5.41) is 8.50. The van der Waals surface area contributed by atoms with Crippen LogP contribution in [0.25, 0.3) is 0 Å². The van der Waals surface area contributed by atoms with Gasteiger partial charge in [-0.3, -0.25) is 14.9 Å². The second-order valence-corrected chi connectivity index (χ2v) is 7.38. The normalized spacial score (nSPS) is 14.5. The molecule has 0 spiro atoms. The van der Waals surface area contributed by atoms with Crippen LogP contribution in [0.2, 0.25) is 0 Å². The molecule has 24 heavy (non-hydrogen) atoms. The van der Waals surface area contributed by atoms with Crippen LogP contribution in [0.1, 0.15) is 23.3 Å². The first-order valence-electron chi connectivity index (χ1n) is 7.36. The number of amides is 2. The van der Waals surface area contributed by atoms with Gasteiger partial charge in [0, 0.05) is 41.9 Å². The molecule has 0 atom stereocenters. The second-order valence-electron chi connectivity index (χ2n) is 5.35. The van der Waals surface area contributed by atoms with Crippen molar-refractivity contribution in [2.45, 2.75) is 19.3 Å². The maximum absolute atomic E-state index is 12.2. The monoisotopic (exact) mass is 406 g/mol. The number of carbonyl (C=O) groups is 2. The molecule has 0 saturated carbocycles. The number of nitrogens with one attached hydrogen (secondary N) is 1. The highest BCUT2D eigenvalue weighted by Gasteiger charge is 2.22. The Morgan fingerprint density at radius 1 is 1.33 bits per heavy atom. The van der Waals surface area contributed by atoms with Gasteiger partial charge in [-0.15, -0.1) is 11.3 Å². The fraction of sp³-hybridized carbons (Fsp3) is 0.250. The quantitative estimate of drug-likeness (QED) is 0.847. The predicted octanol–water partition coefficient (Wildman–Crippen LogP) is 3.04. The lowest BCUT2D eigenvalue weighted by Gasteiger charge is -2.18. The first-order chi connectivity index (χ1) is 11.5. The van der Waals surface area contributed by atoms with Crippen LogP contribution >= 0.6 is 27.3 Å². The molecule has 0 unspecified atom stereocenters. The summed E-state index contributed by atoms with van der Waals surface area (Å²) in [5.41, 5.74) is 1.53. The molecule has 1 aliphatic heterocycles. The van der Waals surface area contributed by atoms with Gasteiger partial charge in [0.25, 0.3) is 5.91 Å². The van der Waals surface area contributed by atoms with E-state index >= 15 is 0 Å². The molecule has 2 aromatic rings. The summed E-state index contributed by atoms with van der Waals surface area (Å²) >= 11 is 4.85. The molecule has 2 heterocycles. The average molecular weight is 407 g/mol. The van der Waals surface area contributed by atoms with E-state index < -0.39 is 0 Å². The molecule has 1 aliphatic rings. The summed E-state index contributed by atoms with van der Waals surface area (Å²) < 4.78 is 1.04. The molecular weight excluding hydrogens is 392 g/mol. The third-order valence-electron chi connectivity index (χ3n) is 3.54. The Hall–Kier alpha value is -2.06. The smallest absolute Gasteiger partial charge is 0.273 e. The molecule has 1 aromatic carbocycles. The van der Waals surface area contributed by atoms with Crippen molar-refractivity contribution in [3.05, 3.63) is 45.4 Å². The van der Waals surface area contributed by atoms with Crippen LogP contribution < -0.4 is 5.32 Å². The van der Waals surface area contributed by atoms with Gasteiger partial charge in [-0.1, -0.05) is 28.1 Å². The van der Waals surface area contributed by atoms with Gasteiger partial charge in [0.05, 0.1) is 0 Å². The molecule has 1 N–H and O–H groups in total. The van der Waals surface area contributed by atoms with E-state index in [1.165, 1.54) is 21.9 Å². The van der Waals surface area contributed by atoms with Gasteiger partial charge in [0.1, 0.15) is 5.71 Å². The molecule has 6 nitrogen and oxygen atoms in total. The lowest BCUT2D eigenvalue weighted by atomic mass is 10.1. The van der Waals surface area contributed by atoms with Gasteiger partial charge in [-0.2, -0.15) is 5.10 Å². The number of aromatic nitrogens is 1. The van der Waals surface area contributed by atoms with Crippen molar-refractivity contribution in [1.82, 2.24) is 9.99 Å². The fourth-order valence-electron chi connectivity index (χ4n) is 2.25. The topological polar surface area (TPSA) is 74.7 Å². The van der Waals surface area contributed by atoms with E-state index in [4.69, 9.17) is 0 Å².